The average Bonchev–Trinajstić information content (AvgIpc) is 3.21. The molecule has 0 saturated carbocycles. The first-order chi connectivity index (χ1) is 11.5. The van der Waals surface area contributed by atoms with Gasteiger partial charge >= 0.3 is 0 Å². The third-order valence-electron chi connectivity index (χ3n) is 3.59. The molecule has 1 aliphatic heterocycles. The third-order valence-corrected chi connectivity index (χ3v) is 3.59. The topological polar surface area (TPSA) is 113 Å². The predicted octanol–water partition coefficient (Wildman–Crippen LogP) is 0.341. The van der Waals surface area contributed by atoms with Gasteiger partial charge in [0.25, 0.3) is 5.91 Å². The Morgan fingerprint density at radius 2 is 2.38 bits per heavy atom. The number of nitrogens with two attached hydrogens (primary N) is 1. The maximum Gasteiger partial charge on any atom is 0.255 e. The minimum absolute atomic E-state index is 0.0227. The number of hydrogen-bond acceptors (Lipinski definition) is 5. The van der Waals surface area contributed by atoms with E-state index in [1.807, 2.05) is 4.90 Å². The Balaban J connectivity index is 0.000000240. The van der Waals surface area contributed by atoms with E-state index in [0.29, 0.717) is 18.1 Å². The summed E-state index contributed by atoms with van der Waals surface area (Å²) in [5, 5.41) is 8.95. The summed E-state index contributed by atoms with van der Waals surface area (Å²) in [6.07, 6.45) is 8.59. The van der Waals surface area contributed by atoms with Crippen LogP contribution in [0.15, 0.2) is 12.7 Å². The molecule has 1 unspecified atom stereocenters. The number of amides is 2. The number of ether oxygens (including phenoxy) is 1. The van der Waals surface area contributed by atoms with Crippen molar-refractivity contribution in [2.45, 2.75) is 18.9 Å². The van der Waals surface area contributed by atoms with Crippen molar-refractivity contribution < 1.29 is 14.3 Å². The smallest absolute Gasteiger partial charge is 0.255 e. The second kappa shape index (κ2) is 9.37. The summed E-state index contributed by atoms with van der Waals surface area (Å²) in [5.74, 6) is 2.07. The van der Waals surface area contributed by atoms with Crippen molar-refractivity contribution >= 4 is 17.6 Å². The van der Waals surface area contributed by atoms with Gasteiger partial charge in [0.05, 0.1) is 12.6 Å². The van der Waals surface area contributed by atoms with E-state index in [2.05, 4.69) is 28.0 Å². The van der Waals surface area contributed by atoms with Crippen LogP contribution in [0.1, 0.15) is 28.9 Å². The van der Waals surface area contributed by atoms with Crippen LogP contribution in [0.3, 0.4) is 0 Å². The number of rotatable bonds is 5. The van der Waals surface area contributed by atoms with Gasteiger partial charge in [-0.05, 0) is 24.8 Å². The standard InChI is InChI=1S/C9H15NO2.C7H8N4O/c1-3-9(11)10-6-4-5-8(10)7-12-2;1-3-4-5(6(8)12)7(9-2)11-10-4/h3,8H,1,4-7H2,2H3;1H,2H3,(H2,8,12)(H2,9,10,11). The van der Waals surface area contributed by atoms with Gasteiger partial charge in [0.1, 0.15) is 11.3 Å². The van der Waals surface area contributed by atoms with Gasteiger partial charge < -0.3 is 20.7 Å². The van der Waals surface area contributed by atoms with E-state index in [0.717, 1.165) is 19.4 Å². The number of methoxy groups -OCH3 is 1. The SMILES string of the molecule is C#Cc1[nH]nc(NC)c1C(N)=O.C=CC(=O)N1CCCC1COC. The molecule has 1 saturated heterocycles. The Kier molecular flexibility index (Phi) is 7.52. The summed E-state index contributed by atoms with van der Waals surface area (Å²) < 4.78 is 5.02. The molecule has 1 aromatic heterocycles. The number of anilines is 1. The normalized spacial score (nSPS) is 15.9. The lowest BCUT2D eigenvalue weighted by atomic mass is 10.2. The van der Waals surface area contributed by atoms with Crippen molar-refractivity contribution in [1.82, 2.24) is 15.1 Å². The van der Waals surface area contributed by atoms with Crippen LogP contribution in [0.5, 0.6) is 0 Å². The molecule has 1 aliphatic rings. The Bertz CT molecular complexity index is 632. The molecule has 0 spiro atoms. The van der Waals surface area contributed by atoms with Gasteiger partial charge in [-0.15, -0.1) is 6.42 Å². The van der Waals surface area contributed by atoms with Crippen LogP contribution in [-0.2, 0) is 9.53 Å². The molecule has 4 N–H and O–H groups in total. The maximum atomic E-state index is 11.3. The summed E-state index contributed by atoms with van der Waals surface area (Å²) in [5.41, 5.74) is 5.60. The largest absolute Gasteiger partial charge is 0.383 e. The molecule has 1 fully saturated rings. The first-order valence-electron chi connectivity index (χ1n) is 7.44. The van der Waals surface area contributed by atoms with E-state index in [9.17, 15) is 9.59 Å². The number of nitrogens with zero attached hydrogens (tertiary/aromatic N) is 2. The Morgan fingerprint density at radius 3 is 2.88 bits per heavy atom. The molecule has 0 bridgehead atoms. The number of primary amides is 1. The highest BCUT2D eigenvalue weighted by Crippen LogP contribution is 2.17. The van der Waals surface area contributed by atoms with E-state index in [-0.39, 0.29) is 17.5 Å². The molecule has 0 radical (unpaired) electrons. The minimum Gasteiger partial charge on any atom is -0.383 e. The zero-order valence-electron chi connectivity index (χ0n) is 14.0. The lowest BCUT2D eigenvalue weighted by molar-refractivity contribution is -0.127. The van der Waals surface area contributed by atoms with Crippen LogP contribution in [0, 0.1) is 12.3 Å². The van der Waals surface area contributed by atoms with Crippen LogP contribution in [-0.4, -0.2) is 60.3 Å². The second-order valence-corrected chi connectivity index (χ2v) is 5.07. The fourth-order valence-corrected chi connectivity index (χ4v) is 2.48. The molecule has 24 heavy (non-hydrogen) atoms. The number of aromatic amines is 1. The summed E-state index contributed by atoms with van der Waals surface area (Å²) in [7, 11) is 3.29. The van der Waals surface area contributed by atoms with E-state index in [1.165, 1.54) is 6.08 Å². The molecule has 2 heterocycles. The predicted molar refractivity (Wildman–Crippen MR) is 91.4 cm³/mol. The fraction of sp³-hybridized carbons (Fsp3) is 0.438. The molecule has 8 heteroatoms. The Morgan fingerprint density at radius 1 is 1.67 bits per heavy atom. The van der Waals surface area contributed by atoms with Gasteiger partial charge in [-0.25, -0.2) is 0 Å². The van der Waals surface area contributed by atoms with Crippen LogP contribution in [0.2, 0.25) is 0 Å². The van der Waals surface area contributed by atoms with E-state index >= 15 is 0 Å². The highest BCUT2D eigenvalue weighted by Gasteiger charge is 2.26. The average molecular weight is 333 g/mol. The van der Waals surface area contributed by atoms with Crippen LogP contribution in [0.25, 0.3) is 0 Å². The van der Waals surface area contributed by atoms with Crippen LogP contribution in [0.4, 0.5) is 5.82 Å². The van der Waals surface area contributed by atoms with Crippen molar-refractivity contribution in [3.8, 4) is 12.3 Å². The van der Waals surface area contributed by atoms with Gasteiger partial charge in [-0.2, -0.15) is 5.10 Å². The molecule has 1 aromatic rings. The molecule has 130 valence electrons. The van der Waals surface area contributed by atoms with Gasteiger partial charge in [0.2, 0.25) is 5.91 Å². The van der Waals surface area contributed by atoms with Gasteiger partial charge in [0, 0.05) is 20.7 Å². The quantitative estimate of drug-likeness (QED) is 0.531. The lowest BCUT2D eigenvalue weighted by Gasteiger charge is -2.22. The lowest BCUT2D eigenvalue weighted by Crippen LogP contribution is -2.36. The number of nitrogens with one attached hydrogen (secondary N) is 2. The molecular formula is C16H23N5O3. The second-order valence-electron chi connectivity index (χ2n) is 5.07. The van der Waals surface area contributed by atoms with Gasteiger partial charge in [0.15, 0.2) is 5.82 Å². The zero-order chi connectivity index (χ0) is 18.1. The first-order valence-corrected chi connectivity index (χ1v) is 7.44. The van der Waals surface area contributed by atoms with E-state index < -0.39 is 5.91 Å². The number of likely N-dealkylation sites (tertiary alicyclic amines) is 1. The van der Waals surface area contributed by atoms with E-state index in [4.69, 9.17) is 16.9 Å². The number of carbonyl (C=O) groups is 2. The minimum atomic E-state index is -0.596. The molecule has 0 aliphatic carbocycles. The van der Waals surface area contributed by atoms with Crippen LogP contribution >= 0.6 is 0 Å². The summed E-state index contributed by atoms with van der Waals surface area (Å²) in [6.45, 7) is 4.95. The third kappa shape index (κ3) is 4.60. The van der Waals surface area contributed by atoms with Crippen molar-refractivity contribution in [2.24, 2.45) is 5.73 Å². The monoisotopic (exact) mass is 333 g/mol. The molecule has 2 amide bonds. The number of carbonyl (C=O) groups excluding carboxylic acids is 2. The molecule has 1 atom stereocenters. The van der Waals surface area contributed by atoms with Crippen molar-refractivity contribution in [3.05, 3.63) is 23.9 Å². The van der Waals surface area contributed by atoms with Gasteiger partial charge in [-0.3, -0.25) is 14.7 Å². The zero-order valence-corrected chi connectivity index (χ0v) is 14.0. The molecular weight excluding hydrogens is 310 g/mol. The summed E-state index contributed by atoms with van der Waals surface area (Å²) in [6, 6.07) is 0.264. The number of hydrogen-bond donors (Lipinski definition) is 3. The first kappa shape index (κ1) is 19.3. The molecule has 8 nitrogen and oxygen atoms in total. The van der Waals surface area contributed by atoms with Gasteiger partial charge in [-0.1, -0.05) is 6.58 Å². The Hall–Kier alpha value is -2.79. The number of terminal acetylenes is 1. The van der Waals surface area contributed by atoms with E-state index in [1.54, 1.807) is 14.2 Å². The summed E-state index contributed by atoms with van der Waals surface area (Å²) in [4.78, 5) is 23.9. The maximum absolute atomic E-state index is 11.3. The number of aromatic nitrogens is 2. The van der Waals surface area contributed by atoms with Crippen molar-refractivity contribution in [1.29, 1.82) is 0 Å². The summed E-state index contributed by atoms with van der Waals surface area (Å²) >= 11 is 0. The van der Waals surface area contributed by atoms with Crippen molar-refractivity contribution in [3.63, 3.8) is 0 Å². The van der Waals surface area contributed by atoms with Crippen LogP contribution < -0.4 is 11.1 Å². The molecule has 0 aromatic carbocycles. The highest BCUT2D eigenvalue weighted by molar-refractivity contribution is 5.99. The Labute approximate surface area is 141 Å². The number of H-pyrrole nitrogens is 1. The highest BCUT2D eigenvalue weighted by atomic mass is 16.5. The van der Waals surface area contributed by atoms with Crippen molar-refractivity contribution in [2.75, 3.05) is 32.6 Å². The fourth-order valence-electron chi connectivity index (χ4n) is 2.48. The molecule has 2 rings (SSSR count).